The quantitative estimate of drug-likeness (QED) is 0.539. The Bertz CT molecular complexity index is 678. The summed E-state index contributed by atoms with van der Waals surface area (Å²) >= 11 is 12.3. The van der Waals surface area contributed by atoms with Gasteiger partial charge in [-0.3, -0.25) is 0 Å². The van der Waals surface area contributed by atoms with Crippen molar-refractivity contribution >= 4 is 35.0 Å². The molecule has 2 aromatic carbocycles. The Balaban J connectivity index is 2.37. The second-order valence-electron chi connectivity index (χ2n) is 4.37. The van der Waals surface area contributed by atoms with Crippen LogP contribution in [-0.4, -0.2) is 12.9 Å². The first kappa shape index (κ1) is 18.3. The Morgan fingerprint density at radius 3 is 2.52 bits per heavy atom. The summed E-state index contributed by atoms with van der Waals surface area (Å²) in [5, 5.41) is 0.288. The van der Waals surface area contributed by atoms with E-state index < -0.39 is 11.6 Å². The first-order valence-electron chi connectivity index (χ1n) is 6.29. The van der Waals surface area contributed by atoms with Crippen LogP contribution >= 0.6 is 35.0 Å². The van der Waals surface area contributed by atoms with Crippen LogP contribution in [0.2, 0.25) is 10.0 Å². The van der Waals surface area contributed by atoms with Gasteiger partial charge in [0.1, 0.15) is 17.3 Å². The maximum atomic E-state index is 13.3. The first-order chi connectivity index (χ1) is 10.9. The van der Waals surface area contributed by atoms with E-state index in [-0.39, 0.29) is 33.0 Å². The predicted octanol–water partition coefficient (Wildman–Crippen LogP) is 6.39. The van der Waals surface area contributed by atoms with Gasteiger partial charge in [0.25, 0.3) is 5.76 Å². The summed E-state index contributed by atoms with van der Waals surface area (Å²) in [6.07, 6.45) is 0. The maximum absolute atomic E-state index is 13.3. The van der Waals surface area contributed by atoms with E-state index in [0.29, 0.717) is 17.3 Å². The number of methoxy groups -OCH3 is 1. The molecule has 0 bridgehead atoms. The highest BCUT2D eigenvalue weighted by molar-refractivity contribution is 7.99. The summed E-state index contributed by atoms with van der Waals surface area (Å²) in [6, 6.07) is 6.58. The van der Waals surface area contributed by atoms with Crippen molar-refractivity contribution in [1.29, 1.82) is 0 Å². The molecule has 0 saturated heterocycles. The number of thioether (sulfide) groups is 1. The topological polar surface area (TPSA) is 18.5 Å². The minimum atomic E-state index is -2.59. The van der Waals surface area contributed by atoms with Gasteiger partial charge in [-0.2, -0.15) is 8.78 Å². The van der Waals surface area contributed by atoms with Crippen LogP contribution in [0.4, 0.5) is 13.2 Å². The molecular weight excluding hydrogens is 372 g/mol. The normalized spacial score (nSPS) is 11.1. The van der Waals surface area contributed by atoms with Crippen LogP contribution in [0, 0.1) is 5.82 Å². The third-order valence-electron chi connectivity index (χ3n) is 2.73. The fraction of sp³-hybridized carbons (Fsp3) is 0.200. The van der Waals surface area contributed by atoms with E-state index in [1.54, 1.807) is 0 Å². The molecule has 2 nitrogen and oxygen atoms in total. The van der Waals surface area contributed by atoms with Gasteiger partial charge in [-0.1, -0.05) is 35.0 Å². The van der Waals surface area contributed by atoms with Crippen molar-refractivity contribution in [1.82, 2.24) is 0 Å². The van der Waals surface area contributed by atoms with Gasteiger partial charge in [-0.25, -0.2) is 4.39 Å². The van der Waals surface area contributed by atoms with Crippen molar-refractivity contribution in [2.45, 2.75) is 17.3 Å². The molecule has 0 heterocycles. The zero-order chi connectivity index (χ0) is 17.0. The number of ether oxygens (including phenoxy) is 2. The largest absolute Gasteiger partial charge is 0.456 e. The lowest BCUT2D eigenvalue weighted by Gasteiger charge is -2.14. The van der Waals surface area contributed by atoms with Gasteiger partial charge in [-0.15, -0.1) is 0 Å². The number of rotatable bonds is 6. The Hall–Kier alpha value is -1.08. The molecule has 8 heteroatoms. The van der Waals surface area contributed by atoms with E-state index in [2.05, 4.69) is 0 Å². The first-order valence-corrected chi connectivity index (χ1v) is 7.93. The van der Waals surface area contributed by atoms with Crippen LogP contribution in [0.5, 0.6) is 11.5 Å². The Kier molecular flexibility index (Phi) is 6.47. The van der Waals surface area contributed by atoms with Crippen LogP contribution < -0.4 is 4.74 Å². The number of halogens is 5. The number of alkyl halides is 2. The summed E-state index contributed by atoms with van der Waals surface area (Å²) < 4.78 is 49.0. The molecule has 0 saturated carbocycles. The Morgan fingerprint density at radius 2 is 1.91 bits per heavy atom. The van der Waals surface area contributed by atoms with Crippen molar-refractivity contribution in [3.8, 4) is 11.5 Å². The van der Waals surface area contributed by atoms with Crippen molar-refractivity contribution in [2.24, 2.45) is 0 Å². The molecule has 124 valence electrons. The molecule has 2 rings (SSSR count). The molecule has 0 atom stereocenters. The zero-order valence-corrected chi connectivity index (χ0v) is 14.1. The zero-order valence-electron chi connectivity index (χ0n) is 11.8. The van der Waals surface area contributed by atoms with Crippen LogP contribution in [0.3, 0.4) is 0 Å². The third kappa shape index (κ3) is 4.94. The van der Waals surface area contributed by atoms with Gasteiger partial charge in [0.2, 0.25) is 0 Å². The average molecular weight is 383 g/mol. The molecule has 23 heavy (non-hydrogen) atoms. The van der Waals surface area contributed by atoms with Crippen molar-refractivity contribution < 1.29 is 22.6 Å². The second-order valence-corrected chi connectivity index (χ2v) is 6.22. The minimum absolute atomic E-state index is 0.0367. The van der Waals surface area contributed by atoms with Gasteiger partial charge in [-0.05, 0) is 24.3 Å². The molecule has 0 unspecified atom stereocenters. The number of hydrogen-bond acceptors (Lipinski definition) is 3. The van der Waals surface area contributed by atoms with Crippen LogP contribution in [0.1, 0.15) is 5.56 Å². The second kappa shape index (κ2) is 8.15. The van der Waals surface area contributed by atoms with Gasteiger partial charge in [0, 0.05) is 28.7 Å². The van der Waals surface area contributed by atoms with Crippen LogP contribution in [-0.2, 0) is 11.3 Å². The Morgan fingerprint density at radius 1 is 1.17 bits per heavy atom. The SMILES string of the molecule is COCc1c(SC(F)F)ccc(Oc2cc(F)cc(Cl)c2)c1Cl. The van der Waals surface area contributed by atoms with Crippen molar-refractivity contribution in [2.75, 3.05) is 7.11 Å². The van der Waals surface area contributed by atoms with Gasteiger partial charge < -0.3 is 9.47 Å². The molecule has 0 radical (unpaired) electrons. The Labute approximate surface area is 145 Å². The molecule has 0 fully saturated rings. The molecular formula is C15H11Cl2F3O2S. The average Bonchev–Trinajstić information content (AvgIpc) is 2.44. The van der Waals surface area contributed by atoms with Crippen molar-refractivity contribution in [3.63, 3.8) is 0 Å². The molecule has 0 N–H and O–H groups in total. The fourth-order valence-corrected chi connectivity index (χ4v) is 3.03. The predicted molar refractivity (Wildman–Crippen MR) is 85.5 cm³/mol. The van der Waals surface area contributed by atoms with E-state index in [1.165, 1.54) is 25.3 Å². The maximum Gasteiger partial charge on any atom is 0.288 e. The molecule has 0 aromatic heterocycles. The third-order valence-corrected chi connectivity index (χ3v) is 4.18. The van der Waals surface area contributed by atoms with Gasteiger partial charge in [0.15, 0.2) is 0 Å². The number of hydrogen-bond donors (Lipinski definition) is 0. The number of benzene rings is 2. The summed E-state index contributed by atoms with van der Waals surface area (Å²) in [6.45, 7) is 0.0367. The van der Waals surface area contributed by atoms with Crippen LogP contribution in [0.15, 0.2) is 35.2 Å². The molecule has 0 aliphatic heterocycles. The lowest BCUT2D eigenvalue weighted by molar-refractivity contribution is 0.182. The lowest BCUT2D eigenvalue weighted by Crippen LogP contribution is -1.97. The van der Waals surface area contributed by atoms with E-state index in [4.69, 9.17) is 32.7 Å². The highest BCUT2D eigenvalue weighted by Gasteiger charge is 2.17. The van der Waals surface area contributed by atoms with E-state index >= 15 is 0 Å². The van der Waals surface area contributed by atoms with E-state index in [9.17, 15) is 13.2 Å². The van der Waals surface area contributed by atoms with Crippen LogP contribution in [0.25, 0.3) is 0 Å². The molecule has 0 spiro atoms. The summed E-state index contributed by atoms with van der Waals surface area (Å²) in [7, 11) is 1.42. The summed E-state index contributed by atoms with van der Waals surface area (Å²) in [5.74, 6) is -2.81. The highest BCUT2D eigenvalue weighted by Crippen LogP contribution is 2.40. The fourth-order valence-electron chi connectivity index (χ4n) is 1.86. The van der Waals surface area contributed by atoms with E-state index in [1.807, 2.05) is 0 Å². The summed E-state index contributed by atoms with van der Waals surface area (Å²) in [5.41, 5.74) is 0.375. The summed E-state index contributed by atoms with van der Waals surface area (Å²) in [4.78, 5) is 0.288. The molecule has 0 amide bonds. The van der Waals surface area contributed by atoms with Crippen molar-refractivity contribution in [3.05, 3.63) is 51.8 Å². The van der Waals surface area contributed by atoms with E-state index in [0.717, 1.165) is 12.1 Å². The minimum Gasteiger partial charge on any atom is -0.456 e. The monoisotopic (exact) mass is 382 g/mol. The highest BCUT2D eigenvalue weighted by atomic mass is 35.5. The lowest BCUT2D eigenvalue weighted by atomic mass is 10.2. The standard InChI is InChI=1S/C15H11Cl2F3O2S/c1-21-7-11-13(23-15(19)20)3-2-12(14(11)17)22-10-5-8(16)4-9(18)6-10/h2-6,15H,7H2,1H3. The van der Waals surface area contributed by atoms with Gasteiger partial charge >= 0.3 is 0 Å². The smallest absolute Gasteiger partial charge is 0.288 e. The molecule has 2 aromatic rings. The molecule has 0 aliphatic rings. The molecule has 0 aliphatic carbocycles. The van der Waals surface area contributed by atoms with Gasteiger partial charge in [0.05, 0.1) is 11.6 Å².